The molecule has 0 radical (unpaired) electrons. The topological polar surface area (TPSA) is 53.4 Å². The summed E-state index contributed by atoms with van der Waals surface area (Å²) in [7, 11) is 2.23. The summed E-state index contributed by atoms with van der Waals surface area (Å²) in [6.07, 6.45) is 10.5. The first-order valence-electron chi connectivity index (χ1n) is 10.5. The predicted molar refractivity (Wildman–Crippen MR) is 111 cm³/mol. The molecule has 2 aliphatic heterocycles. The molecular weight excluding hydrogens is 350 g/mol. The second-order valence-corrected chi connectivity index (χ2v) is 8.10. The zero-order chi connectivity index (χ0) is 19.3. The van der Waals surface area contributed by atoms with Gasteiger partial charge in [0.2, 0.25) is 5.91 Å². The maximum absolute atomic E-state index is 13.1. The van der Waals surface area contributed by atoms with Crippen LogP contribution >= 0.6 is 0 Å². The van der Waals surface area contributed by atoms with Crippen molar-refractivity contribution in [3.8, 4) is 0 Å². The molecule has 1 N–H and O–H groups in total. The normalized spacial score (nSPS) is 23.0. The van der Waals surface area contributed by atoms with E-state index in [-0.39, 0.29) is 5.91 Å². The molecule has 1 fully saturated rings. The Morgan fingerprint density at radius 3 is 2.93 bits per heavy atom. The lowest BCUT2D eigenvalue weighted by atomic mass is 10.1. The summed E-state index contributed by atoms with van der Waals surface area (Å²) < 4.78 is 2.04. The Morgan fingerprint density at radius 1 is 1.21 bits per heavy atom. The third kappa shape index (κ3) is 4.38. The highest BCUT2D eigenvalue weighted by Crippen LogP contribution is 2.28. The molecule has 2 aliphatic rings. The number of aryl methyl sites for hydroxylation is 1. The van der Waals surface area contributed by atoms with Crippen molar-refractivity contribution in [1.29, 1.82) is 0 Å². The second-order valence-electron chi connectivity index (χ2n) is 8.10. The maximum Gasteiger partial charge on any atom is 0.222 e. The number of imidazole rings is 1. The van der Waals surface area contributed by atoms with Gasteiger partial charge in [0.05, 0.1) is 6.33 Å². The van der Waals surface area contributed by atoms with Crippen LogP contribution in [0.25, 0.3) is 0 Å². The van der Waals surface area contributed by atoms with Crippen molar-refractivity contribution in [2.45, 2.75) is 57.3 Å². The van der Waals surface area contributed by atoms with Crippen LogP contribution < -0.4 is 5.32 Å². The molecule has 3 heterocycles. The number of hydrogen-bond acceptors (Lipinski definition) is 4. The van der Waals surface area contributed by atoms with Crippen LogP contribution in [0.2, 0.25) is 0 Å². The molecule has 2 atom stereocenters. The van der Waals surface area contributed by atoms with E-state index in [2.05, 4.69) is 51.4 Å². The molecule has 150 valence electrons. The average molecular weight is 382 g/mol. The molecular formula is C22H31N5O. The molecule has 4 rings (SSSR count). The number of aromatic nitrogens is 2. The number of rotatable bonds is 4. The first-order chi connectivity index (χ1) is 13.7. The summed E-state index contributed by atoms with van der Waals surface area (Å²) in [6, 6.07) is 9.50. The van der Waals surface area contributed by atoms with Crippen molar-refractivity contribution in [2.75, 3.05) is 25.5 Å². The average Bonchev–Trinajstić information content (AvgIpc) is 3.32. The number of carbonyl (C=O) groups excluding carboxylic acids is 1. The fraction of sp³-hybridized carbons (Fsp3) is 0.545. The van der Waals surface area contributed by atoms with Crippen LogP contribution in [0.1, 0.15) is 37.7 Å². The fourth-order valence-corrected chi connectivity index (χ4v) is 4.57. The highest BCUT2D eigenvalue weighted by Gasteiger charge is 2.32. The van der Waals surface area contributed by atoms with Gasteiger partial charge < -0.3 is 14.8 Å². The minimum absolute atomic E-state index is 0.256. The Labute approximate surface area is 167 Å². The number of anilines is 1. The summed E-state index contributed by atoms with van der Waals surface area (Å²) in [5.74, 6) is 0.256. The second kappa shape index (κ2) is 8.78. The predicted octanol–water partition coefficient (Wildman–Crippen LogP) is 2.97. The molecule has 2 aromatic rings. The monoisotopic (exact) mass is 381 g/mol. The van der Waals surface area contributed by atoms with Crippen LogP contribution in [0.4, 0.5) is 5.69 Å². The molecule has 0 saturated carbocycles. The quantitative estimate of drug-likeness (QED) is 0.885. The third-order valence-corrected chi connectivity index (χ3v) is 6.31. The van der Waals surface area contributed by atoms with Crippen LogP contribution in [0.3, 0.4) is 0 Å². The van der Waals surface area contributed by atoms with Crippen LogP contribution in [0, 0.1) is 0 Å². The number of fused-ring (bicyclic) bond motifs is 3. The molecule has 0 aliphatic carbocycles. The zero-order valence-electron chi connectivity index (χ0n) is 16.8. The summed E-state index contributed by atoms with van der Waals surface area (Å²) in [6.45, 7) is 3.33. The van der Waals surface area contributed by atoms with Gasteiger partial charge in [0, 0.05) is 62.8 Å². The van der Waals surface area contributed by atoms with Gasteiger partial charge in [0.1, 0.15) is 0 Å². The Hall–Kier alpha value is -2.34. The van der Waals surface area contributed by atoms with Gasteiger partial charge in [-0.25, -0.2) is 4.98 Å². The maximum atomic E-state index is 13.1. The molecule has 0 unspecified atom stereocenters. The molecule has 0 spiro atoms. The van der Waals surface area contributed by atoms with E-state index in [4.69, 9.17) is 0 Å². The van der Waals surface area contributed by atoms with Crippen molar-refractivity contribution >= 4 is 11.6 Å². The Kier molecular flexibility index (Phi) is 5.95. The van der Waals surface area contributed by atoms with Gasteiger partial charge in [-0.3, -0.25) is 9.69 Å². The summed E-state index contributed by atoms with van der Waals surface area (Å²) in [5, 5.41) is 3.61. The Morgan fingerprint density at radius 2 is 2.07 bits per heavy atom. The lowest BCUT2D eigenvalue weighted by Gasteiger charge is -2.31. The smallest absolute Gasteiger partial charge is 0.222 e. The number of amides is 1. The Balaban J connectivity index is 1.48. The van der Waals surface area contributed by atoms with E-state index >= 15 is 0 Å². The zero-order valence-corrected chi connectivity index (χ0v) is 16.8. The van der Waals surface area contributed by atoms with Crippen molar-refractivity contribution in [3.63, 3.8) is 0 Å². The standard InChI is InChI=1S/C22H31N5O/c1-25-19-8-9-20(25)16-27(22(28)7-4-13-26-14-12-23-17-26)15-18-5-2-3-6-21(18)24-11-10-19/h2-3,5-6,12,14,17,19-20,24H,4,7-11,13,15-16H2,1H3/t19-,20+/m0/s1. The van der Waals surface area contributed by atoms with E-state index < -0.39 is 0 Å². The number of hydrogen-bond donors (Lipinski definition) is 1. The number of carbonyl (C=O) groups is 1. The van der Waals surface area contributed by atoms with Crippen molar-refractivity contribution in [1.82, 2.24) is 19.4 Å². The molecule has 1 aromatic heterocycles. The van der Waals surface area contributed by atoms with Crippen LogP contribution in [0.5, 0.6) is 0 Å². The molecule has 1 aromatic carbocycles. The van der Waals surface area contributed by atoms with Gasteiger partial charge in [-0.1, -0.05) is 18.2 Å². The van der Waals surface area contributed by atoms with E-state index in [0.717, 1.165) is 32.5 Å². The lowest BCUT2D eigenvalue weighted by molar-refractivity contribution is -0.132. The first kappa shape index (κ1) is 19.0. The fourth-order valence-electron chi connectivity index (χ4n) is 4.57. The van der Waals surface area contributed by atoms with Gasteiger partial charge in [-0.2, -0.15) is 0 Å². The SMILES string of the molecule is CN1[C@@H]2CCNc3ccccc3CN(C(=O)CCCn3ccnc3)C[C@H]1CC2. The number of nitrogens with one attached hydrogen (secondary N) is 1. The molecule has 1 saturated heterocycles. The van der Waals surface area contributed by atoms with Gasteiger partial charge >= 0.3 is 0 Å². The molecule has 28 heavy (non-hydrogen) atoms. The van der Waals surface area contributed by atoms with Gasteiger partial charge in [-0.15, -0.1) is 0 Å². The largest absolute Gasteiger partial charge is 0.385 e. The molecule has 1 amide bonds. The summed E-state index contributed by atoms with van der Waals surface area (Å²) >= 11 is 0. The third-order valence-electron chi connectivity index (χ3n) is 6.31. The number of nitrogens with zero attached hydrogens (tertiary/aromatic N) is 4. The van der Waals surface area contributed by atoms with E-state index in [0.29, 0.717) is 25.0 Å². The van der Waals surface area contributed by atoms with Crippen molar-refractivity contribution in [2.24, 2.45) is 0 Å². The van der Waals surface area contributed by atoms with E-state index in [1.807, 2.05) is 17.1 Å². The highest BCUT2D eigenvalue weighted by molar-refractivity contribution is 5.76. The number of para-hydroxylation sites is 1. The highest BCUT2D eigenvalue weighted by atomic mass is 16.2. The number of likely N-dealkylation sites (N-methyl/N-ethyl adjacent to an activating group) is 1. The molecule has 6 nitrogen and oxygen atoms in total. The molecule has 2 bridgehead atoms. The van der Waals surface area contributed by atoms with Gasteiger partial charge in [-0.05, 0) is 44.4 Å². The van der Waals surface area contributed by atoms with Crippen LogP contribution in [-0.4, -0.2) is 57.5 Å². The van der Waals surface area contributed by atoms with Crippen molar-refractivity contribution in [3.05, 3.63) is 48.5 Å². The van der Waals surface area contributed by atoms with E-state index in [1.165, 1.54) is 24.1 Å². The van der Waals surface area contributed by atoms with Crippen LogP contribution in [0.15, 0.2) is 43.0 Å². The minimum atomic E-state index is 0.256. The van der Waals surface area contributed by atoms with Crippen molar-refractivity contribution < 1.29 is 4.79 Å². The van der Waals surface area contributed by atoms with Gasteiger partial charge in [0.25, 0.3) is 0 Å². The Bertz CT molecular complexity index is 775. The number of benzene rings is 1. The van der Waals surface area contributed by atoms with E-state index in [9.17, 15) is 4.79 Å². The van der Waals surface area contributed by atoms with Crippen LogP contribution in [-0.2, 0) is 17.9 Å². The summed E-state index contributed by atoms with van der Waals surface area (Å²) in [4.78, 5) is 21.8. The summed E-state index contributed by atoms with van der Waals surface area (Å²) in [5.41, 5.74) is 2.38. The lowest BCUT2D eigenvalue weighted by Crippen LogP contribution is -2.43. The molecule has 6 heteroatoms. The minimum Gasteiger partial charge on any atom is -0.385 e. The first-order valence-corrected chi connectivity index (χ1v) is 10.5. The van der Waals surface area contributed by atoms with E-state index in [1.54, 1.807) is 6.20 Å². The van der Waals surface area contributed by atoms with Gasteiger partial charge in [0.15, 0.2) is 0 Å².